The summed E-state index contributed by atoms with van der Waals surface area (Å²) in [5.41, 5.74) is 2.43. The zero-order valence-electron chi connectivity index (χ0n) is 8.83. The molecule has 0 atom stereocenters. The Morgan fingerprint density at radius 2 is 2.00 bits per heavy atom. The quantitative estimate of drug-likeness (QED) is 0.675. The first-order valence-corrected chi connectivity index (χ1v) is 4.61. The van der Waals surface area contributed by atoms with E-state index in [2.05, 4.69) is 25.6 Å². The number of nitrogens with zero attached hydrogens (tertiary/aromatic N) is 1. The van der Waals surface area contributed by atoms with Crippen LogP contribution in [0.25, 0.3) is 4.85 Å². The third kappa shape index (κ3) is 2.12. The zero-order valence-corrected chi connectivity index (χ0v) is 8.83. The summed E-state index contributed by atoms with van der Waals surface area (Å²) in [6, 6.07) is 5.66. The van der Waals surface area contributed by atoms with E-state index in [4.69, 9.17) is 11.7 Å². The molecule has 2 nitrogen and oxygen atoms in total. The Balaban J connectivity index is 3.23. The van der Waals surface area contributed by atoms with Gasteiger partial charge < -0.3 is 5.11 Å². The van der Waals surface area contributed by atoms with E-state index >= 15 is 0 Å². The van der Waals surface area contributed by atoms with E-state index < -0.39 is 0 Å². The van der Waals surface area contributed by atoms with Gasteiger partial charge in [-0.15, -0.1) is 0 Å². The maximum Gasteiger partial charge on any atom is 0.192 e. The van der Waals surface area contributed by atoms with Crippen LogP contribution >= 0.6 is 0 Å². The topological polar surface area (TPSA) is 24.6 Å². The van der Waals surface area contributed by atoms with Gasteiger partial charge in [-0.2, -0.15) is 0 Å². The summed E-state index contributed by atoms with van der Waals surface area (Å²) in [5.74, 6) is 0. The summed E-state index contributed by atoms with van der Waals surface area (Å²) in [4.78, 5) is 3.41. The van der Waals surface area contributed by atoms with Gasteiger partial charge in [-0.05, 0) is 11.0 Å². The first-order valence-electron chi connectivity index (χ1n) is 4.61. The minimum atomic E-state index is -0.0673. The van der Waals surface area contributed by atoms with Gasteiger partial charge in [0.25, 0.3) is 0 Å². The molecule has 0 unspecified atom stereocenters. The molecule has 0 aliphatic rings. The minimum Gasteiger partial charge on any atom is -0.393 e. The fraction of sp³-hybridized carbons (Fsp3) is 0.417. The van der Waals surface area contributed by atoms with E-state index in [1.54, 1.807) is 0 Å². The van der Waals surface area contributed by atoms with Crippen LogP contribution in [0.15, 0.2) is 18.2 Å². The molecule has 0 spiro atoms. The Labute approximate surface area is 85.0 Å². The van der Waals surface area contributed by atoms with E-state index in [1.165, 1.54) is 0 Å². The zero-order chi connectivity index (χ0) is 10.8. The molecule has 1 rings (SSSR count). The van der Waals surface area contributed by atoms with Gasteiger partial charge >= 0.3 is 0 Å². The first kappa shape index (κ1) is 10.7. The Morgan fingerprint density at radius 1 is 1.36 bits per heavy atom. The summed E-state index contributed by atoms with van der Waals surface area (Å²) < 4.78 is 0. The molecule has 0 fully saturated rings. The monoisotopic (exact) mass is 189 g/mol. The second-order valence-corrected chi connectivity index (χ2v) is 4.36. The van der Waals surface area contributed by atoms with E-state index in [-0.39, 0.29) is 12.0 Å². The van der Waals surface area contributed by atoms with Crippen LogP contribution in [0.5, 0.6) is 0 Å². The molecule has 0 saturated carbocycles. The SMILES string of the molecule is [C-]#[N+]c1cc(C(C)(C)C)ccc1CO. The summed E-state index contributed by atoms with van der Waals surface area (Å²) >= 11 is 0. The highest BCUT2D eigenvalue weighted by Crippen LogP contribution is 2.28. The Bertz CT molecular complexity index is 369. The number of hydrogen-bond acceptors (Lipinski definition) is 1. The number of rotatable bonds is 1. The number of aliphatic hydroxyl groups excluding tert-OH is 1. The number of hydrogen-bond donors (Lipinski definition) is 1. The van der Waals surface area contributed by atoms with Gasteiger partial charge in [0.1, 0.15) is 0 Å². The van der Waals surface area contributed by atoms with Gasteiger partial charge in [-0.1, -0.05) is 44.5 Å². The van der Waals surface area contributed by atoms with Gasteiger partial charge in [0.15, 0.2) is 5.69 Å². The lowest BCUT2D eigenvalue weighted by atomic mass is 9.86. The van der Waals surface area contributed by atoms with Crippen molar-refractivity contribution in [3.63, 3.8) is 0 Å². The predicted octanol–water partition coefficient (Wildman–Crippen LogP) is 3.03. The van der Waals surface area contributed by atoms with E-state index in [9.17, 15) is 0 Å². The van der Waals surface area contributed by atoms with Crippen molar-refractivity contribution in [1.29, 1.82) is 0 Å². The standard InChI is InChI=1S/C12H15NO/c1-12(2,3)10-6-5-9(8-14)11(7-10)13-4/h5-7,14H,8H2,1-3H3. The summed E-state index contributed by atoms with van der Waals surface area (Å²) in [5, 5.41) is 9.00. The summed E-state index contributed by atoms with van der Waals surface area (Å²) in [7, 11) is 0. The fourth-order valence-electron chi connectivity index (χ4n) is 1.27. The molecule has 0 heterocycles. The molecule has 0 bridgehead atoms. The van der Waals surface area contributed by atoms with Crippen molar-refractivity contribution >= 4 is 5.69 Å². The van der Waals surface area contributed by atoms with Crippen LogP contribution in [0.2, 0.25) is 0 Å². The number of benzene rings is 1. The second-order valence-electron chi connectivity index (χ2n) is 4.36. The molecule has 2 heteroatoms. The lowest BCUT2D eigenvalue weighted by Crippen LogP contribution is -2.10. The Hall–Kier alpha value is -1.33. The smallest absolute Gasteiger partial charge is 0.192 e. The molecule has 0 aliphatic heterocycles. The summed E-state index contributed by atoms with van der Waals surface area (Å²) in [6.45, 7) is 13.3. The van der Waals surface area contributed by atoms with E-state index in [0.29, 0.717) is 11.3 Å². The molecular weight excluding hydrogens is 174 g/mol. The van der Waals surface area contributed by atoms with E-state index in [0.717, 1.165) is 5.56 Å². The van der Waals surface area contributed by atoms with Crippen molar-refractivity contribution < 1.29 is 5.11 Å². The van der Waals surface area contributed by atoms with Gasteiger partial charge in [0, 0.05) is 0 Å². The van der Waals surface area contributed by atoms with Crippen molar-refractivity contribution in [3.8, 4) is 0 Å². The number of aliphatic hydroxyl groups is 1. The molecule has 74 valence electrons. The molecule has 0 aromatic heterocycles. The van der Waals surface area contributed by atoms with Gasteiger partial charge in [-0.25, -0.2) is 4.85 Å². The highest BCUT2D eigenvalue weighted by atomic mass is 16.3. The summed E-state index contributed by atoms with van der Waals surface area (Å²) in [6.07, 6.45) is 0. The van der Waals surface area contributed by atoms with Crippen LogP contribution in [0.1, 0.15) is 31.9 Å². The van der Waals surface area contributed by atoms with Crippen LogP contribution in [0, 0.1) is 6.57 Å². The van der Waals surface area contributed by atoms with Gasteiger partial charge in [0.2, 0.25) is 0 Å². The van der Waals surface area contributed by atoms with Crippen molar-refractivity contribution in [3.05, 3.63) is 40.7 Å². The Kier molecular flexibility index (Phi) is 2.93. The van der Waals surface area contributed by atoms with Gasteiger partial charge in [0.05, 0.1) is 13.2 Å². The predicted molar refractivity (Wildman–Crippen MR) is 57.3 cm³/mol. The van der Waals surface area contributed by atoms with Gasteiger partial charge in [-0.3, -0.25) is 0 Å². The minimum absolute atomic E-state index is 0.0490. The van der Waals surface area contributed by atoms with Crippen LogP contribution in [-0.2, 0) is 12.0 Å². The second kappa shape index (κ2) is 3.81. The normalized spacial score (nSPS) is 11.1. The molecule has 1 aromatic rings. The molecule has 0 saturated heterocycles. The highest BCUT2D eigenvalue weighted by Gasteiger charge is 2.14. The average molecular weight is 189 g/mol. The van der Waals surface area contributed by atoms with Crippen LogP contribution in [0.3, 0.4) is 0 Å². The van der Waals surface area contributed by atoms with Crippen LogP contribution < -0.4 is 0 Å². The van der Waals surface area contributed by atoms with Crippen molar-refractivity contribution in [1.82, 2.24) is 0 Å². The average Bonchev–Trinajstić information content (AvgIpc) is 2.15. The van der Waals surface area contributed by atoms with Crippen molar-refractivity contribution in [2.45, 2.75) is 32.8 Å². The molecule has 1 N–H and O–H groups in total. The molecule has 0 amide bonds. The van der Waals surface area contributed by atoms with Crippen molar-refractivity contribution in [2.24, 2.45) is 0 Å². The van der Waals surface area contributed by atoms with Crippen molar-refractivity contribution in [2.75, 3.05) is 0 Å². The third-order valence-electron chi connectivity index (χ3n) is 2.24. The third-order valence-corrected chi connectivity index (χ3v) is 2.24. The lowest BCUT2D eigenvalue weighted by molar-refractivity contribution is 0.282. The molecular formula is C12H15NO. The maximum absolute atomic E-state index is 9.00. The molecule has 1 aromatic carbocycles. The van der Waals surface area contributed by atoms with Crippen LogP contribution in [-0.4, -0.2) is 5.11 Å². The van der Waals surface area contributed by atoms with E-state index in [1.807, 2.05) is 18.2 Å². The largest absolute Gasteiger partial charge is 0.393 e. The highest BCUT2D eigenvalue weighted by molar-refractivity contribution is 5.55. The molecule has 14 heavy (non-hydrogen) atoms. The molecule has 0 radical (unpaired) electrons. The lowest BCUT2D eigenvalue weighted by Gasteiger charge is -2.19. The first-order chi connectivity index (χ1) is 6.49. The Morgan fingerprint density at radius 3 is 2.43 bits per heavy atom. The maximum atomic E-state index is 9.00. The fourth-order valence-corrected chi connectivity index (χ4v) is 1.27. The van der Waals surface area contributed by atoms with Crippen LogP contribution in [0.4, 0.5) is 5.69 Å². The molecule has 0 aliphatic carbocycles.